The zero-order chi connectivity index (χ0) is 13.9. The zero-order valence-electron chi connectivity index (χ0n) is 12.3. The van der Waals surface area contributed by atoms with Crippen LogP contribution in [0.15, 0.2) is 16.6 Å². The van der Waals surface area contributed by atoms with E-state index in [-0.39, 0.29) is 0 Å². The van der Waals surface area contributed by atoms with Gasteiger partial charge in [0, 0.05) is 16.9 Å². The molecule has 2 nitrogen and oxygen atoms in total. The van der Waals surface area contributed by atoms with Crippen LogP contribution >= 0.6 is 15.9 Å². The van der Waals surface area contributed by atoms with Crippen molar-refractivity contribution in [1.29, 1.82) is 0 Å². The molecule has 110 valence electrons. The van der Waals surface area contributed by atoms with Gasteiger partial charge in [0.1, 0.15) is 5.75 Å². The normalized spacial score (nSPS) is 18.7. The summed E-state index contributed by atoms with van der Waals surface area (Å²) >= 11 is 3.65. The predicted octanol–water partition coefficient (Wildman–Crippen LogP) is 4.09. The Morgan fingerprint density at radius 1 is 1.40 bits per heavy atom. The van der Waals surface area contributed by atoms with E-state index in [0.717, 1.165) is 38.0 Å². The van der Waals surface area contributed by atoms with Crippen LogP contribution in [0.2, 0.25) is 0 Å². The highest BCUT2D eigenvalue weighted by atomic mass is 79.9. The first-order valence-corrected chi connectivity index (χ1v) is 8.73. The monoisotopic (exact) mass is 337 g/mol. The minimum Gasteiger partial charge on any atom is -0.493 e. The Bertz CT molecular complexity index is 470. The number of halogens is 1. The molecule has 1 saturated carbocycles. The van der Waals surface area contributed by atoms with Gasteiger partial charge in [-0.3, -0.25) is 0 Å². The SMILES string of the molecule is CCCC(CNC1CC1)Cc1cc(Br)cc2c1OCC2. The highest BCUT2D eigenvalue weighted by molar-refractivity contribution is 9.10. The van der Waals surface area contributed by atoms with E-state index in [2.05, 4.69) is 40.3 Å². The lowest BCUT2D eigenvalue weighted by Gasteiger charge is -2.19. The summed E-state index contributed by atoms with van der Waals surface area (Å²) in [6, 6.07) is 5.27. The molecular formula is C17H24BrNO. The van der Waals surface area contributed by atoms with E-state index < -0.39 is 0 Å². The van der Waals surface area contributed by atoms with Gasteiger partial charge in [0.2, 0.25) is 0 Å². The van der Waals surface area contributed by atoms with E-state index in [0.29, 0.717) is 0 Å². The Kier molecular flexibility index (Phi) is 4.67. The molecule has 0 radical (unpaired) electrons. The second-order valence-electron chi connectivity index (χ2n) is 6.19. The van der Waals surface area contributed by atoms with Crippen molar-refractivity contribution in [1.82, 2.24) is 5.32 Å². The van der Waals surface area contributed by atoms with Gasteiger partial charge in [-0.1, -0.05) is 29.3 Å². The lowest BCUT2D eigenvalue weighted by molar-refractivity contribution is 0.348. The molecule has 1 N–H and O–H groups in total. The van der Waals surface area contributed by atoms with Crippen LogP contribution in [0.4, 0.5) is 0 Å². The van der Waals surface area contributed by atoms with Gasteiger partial charge in [-0.05, 0) is 61.4 Å². The van der Waals surface area contributed by atoms with Crippen LogP contribution in [0.25, 0.3) is 0 Å². The number of rotatable bonds is 7. The molecule has 2 aliphatic rings. The summed E-state index contributed by atoms with van der Waals surface area (Å²) in [5, 5.41) is 3.69. The summed E-state index contributed by atoms with van der Waals surface area (Å²) < 4.78 is 7.06. The molecule has 0 spiro atoms. The van der Waals surface area contributed by atoms with E-state index in [1.165, 1.54) is 47.0 Å². The van der Waals surface area contributed by atoms with Gasteiger partial charge < -0.3 is 10.1 Å². The molecule has 0 aromatic heterocycles. The molecule has 1 unspecified atom stereocenters. The van der Waals surface area contributed by atoms with E-state index in [9.17, 15) is 0 Å². The van der Waals surface area contributed by atoms with Gasteiger partial charge in [-0.15, -0.1) is 0 Å². The van der Waals surface area contributed by atoms with Gasteiger partial charge in [0.15, 0.2) is 0 Å². The van der Waals surface area contributed by atoms with Gasteiger partial charge in [0.05, 0.1) is 6.61 Å². The van der Waals surface area contributed by atoms with Gasteiger partial charge in [-0.2, -0.15) is 0 Å². The van der Waals surface area contributed by atoms with Crippen molar-refractivity contribution in [3.63, 3.8) is 0 Å². The summed E-state index contributed by atoms with van der Waals surface area (Å²) in [5.74, 6) is 1.89. The van der Waals surface area contributed by atoms with Crippen molar-refractivity contribution in [3.8, 4) is 5.75 Å². The topological polar surface area (TPSA) is 21.3 Å². The first-order chi connectivity index (χ1) is 9.76. The number of fused-ring (bicyclic) bond motifs is 1. The maximum Gasteiger partial charge on any atom is 0.125 e. The molecule has 1 atom stereocenters. The van der Waals surface area contributed by atoms with Crippen LogP contribution in [-0.2, 0) is 12.8 Å². The third-order valence-electron chi connectivity index (χ3n) is 4.30. The number of hydrogen-bond acceptors (Lipinski definition) is 2. The lowest BCUT2D eigenvalue weighted by Crippen LogP contribution is -2.26. The van der Waals surface area contributed by atoms with Crippen LogP contribution in [-0.4, -0.2) is 19.2 Å². The fourth-order valence-electron chi connectivity index (χ4n) is 3.11. The third kappa shape index (κ3) is 3.56. The van der Waals surface area contributed by atoms with Crippen LogP contribution in [0, 0.1) is 5.92 Å². The van der Waals surface area contributed by atoms with Crippen LogP contribution in [0.1, 0.15) is 43.7 Å². The van der Waals surface area contributed by atoms with E-state index in [1.54, 1.807) is 0 Å². The Hall–Kier alpha value is -0.540. The predicted molar refractivity (Wildman–Crippen MR) is 86.5 cm³/mol. The molecule has 1 aromatic carbocycles. The van der Waals surface area contributed by atoms with Crippen molar-refractivity contribution < 1.29 is 4.74 Å². The fraction of sp³-hybridized carbons (Fsp3) is 0.647. The Balaban J connectivity index is 1.70. The quantitative estimate of drug-likeness (QED) is 0.808. The molecule has 1 aliphatic heterocycles. The molecule has 3 rings (SSSR count). The highest BCUT2D eigenvalue weighted by Crippen LogP contribution is 2.35. The van der Waals surface area contributed by atoms with Gasteiger partial charge in [-0.25, -0.2) is 0 Å². The first kappa shape index (κ1) is 14.4. The largest absolute Gasteiger partial charge is 0.493 e. The van der Waals surface area contributed by atoms with E-state index >= 15 is 0 Å². The molecule has 1 heterocycles. The van der Waals surface area contributed by atoms with Crippen molar-refractivity contribution in [3.05, 3.63) is 27.7 Å². The maximum atomic E-state index is 5.86. The summed E-state index contributed by atoms with van der Waals surface area (Å²) in [6.45, 7) is 4.28. The van der Waals surface area contributed by atoms with E-state index in [1.807, 2.05) is 0 Å². The van der Waals surface area contributed by atoms with Crippen LogP contribution < -0.4 is 10.1 Å². The minimum atomic E-state index is 0.725. The average Bonchev–Trinajstić information content (AvgIpc) is 3.13. The lowest BCUT2D eigenvalue weighted by atomic mass is 9.93. The smallest absolute Gasteiger partial charge is 0.125 e. The summed E-state index contributed by atoms with van der Waals surface area (Å²) in [5.41, 5.74) is 2.77. The standard InChI is InChI=1S/C17H24BrNO/c1-2-3-12(11-19-16-4-5-16)8-14-10-15(18)9-13-6-7-20-17(13)14/h9-10,12,16,19H,2-8,11H2,1H3. The number of benzene rings is 1. The van der Waals surface area contributed by atoms with Crippen molar-refractivity contribution in [2.75, 3.05) is 13.2 Å². The molecule has 0 bridgehead atoms. The van der Waals surface area contributed by atoms with E-state index in [4.69, 9.17) is 4.74 Å². The second-order valence-corrected chi connectivity index (χ2v) is 7.11. The molecule has 0 amide bonds. The van der Waals surface area contributed by atoms with Crippen LogP contribution in [0.3, 0.4) is 0 Å². The molecule has 0 saturated heterocycles. The second kappa shape index (κ2) is 6.48. The number of hydrogen-bond donors (Lipinski definition) is 1. The van der Waals surface area contributed by atoms with Gasteiger partial charge in [0.25, 0.3) is 0 Å². The summed E-state index contributed by atoms with van der Waals surface area (Å²) in [4.78, 5) is 0. The molecule has 20 heavy (non-hydrogen) atoms. The average molecular weight is 338 g/mol. The van der Waals surface area contributed by atoms with Crippen molar-refractivity contribution in [2.24, 2.45) is 5.92 Å². The maximum absolute atomic E-state index is 5.86. The molecular weight excluding hydrogens is 314 g/mol. The Morgan fingerprint density at radius 2 is 2.25 bits per heavy atom. The van der Waals surface area contributed by atoms with Gasteiger partial charge >= 0.3 is 0 Å². The third-order valence-corrected chi connectivity index (χ3v) is 4.76. The minimum absolute atomic E-state index is 0.725. The Labute approximate surface area is 130 Å². The number of ether oxygens (including phenoxy) is 1. The molecule has 1 aliphatic carbocycles. The Morgan fingerprint density at radius 3 is 3.00 bits per heavy atom. The first-order valence-electron chi connectivity index (χ1n) is 7.93. The summed E-state index contributed by atoms with van der Waals surface area (Å²) in [6.07, 6.45) is 7.48. The summed E-state index contributed by atoms with van der Waals surface area (Å²) in [7, 11) is 0. The molecule has 3 heteroatoms. The van der Waals surface area contributed by atoms with Crippen LogP contribution in [0.5, 0.6) is 5.75 Å². The fourth-order valence-corrected chi connectivity index (χ4v) is 3.67. The molecule has 1 aromatic rings. The number of nitrogens with one attached hydrogen (secondary N) is 1. The zero-order valence-corrected chi connectivity index (χ0v) is 13.8. The van der Waals surface area contributed by atoms with Crippen molar-refractivity contribution in [2.45, 2.75) is 51.5 Å². The molecule has 1 fully saturated rings. The van der Waals surface area contributed by atoms with Crippen molar-refractivity contribution >= 4 is 15.9 Å². The highest BCUT2D eigenvalue weighted by Gasteiger charge is 2.23.